The van der Waals surface area contributed by atoms with Crippen LogP contribution in [0.4, 0.5) is 0 Å². The van der Waals surface area contributed by atoms with E-state index in [0.29, 0.717) is 0 Å². The smallest absolute Gasteiger partial charge is 0.328 e. The fourth-order valence-corrected chi connectivity index (χ4v) is 3.67. The molecule has 2 rings (SSSR count). The Balaban J connectivity index is 1.90. The van der Waals surface area contributed by atoms with Crippen LogP contribution in [0.25, 0.3) is 6.08 Å². The third-order valence-electron chi connectivity index (χ3n) is 2.53. The van der Waals surface area contributed by atoms with Crippen molar-refractivity contribution in [3.63, 3.8) is 0 Å². The summed E-state index contributed by atoms with van der Waals surface area (Å²) >= 11 is 3.51. The summed E-state index contributed by atoms with van der Waals surface area (Å²) in [5.74, 6) is 0.973. The number of hydrogen-bond acceptors (Lipinski definition) is 3. The average molecular weight is 290 g/mol. The highest BCUT2D eigenvalue weighted by atomic mass is 32.2. The average Bonchev–Trinajstić information content (AvgIpc) is 2.85. The number of thiophene rings is 1. The van der Waals surface area contributed by atoms with Gasteiger partial charge >= 0.3 is 5.97 Å². The van der Waals surface area contributed by atoms with E-state index in [9.17, 15) is 4.79 Å². The fraction of sp³-hybridized carbons (Fsp3) is 0.133. The van der Waals surface area contributed by atoms with Gasteiger partial charge in [0.2, 0.25) is 0 Å². The van der Waals surface area contributed by atoms with Crippen molar-refractivity contribution in [1.82, 2.24) is 0 Å². The zero-order valence-electron chi connectivity index (χ0n) is 10.3. The van der Waals surface area contributed by atoms with Gasteiger partial charge in [0, 0.05) is 22.5 Å². The lowest BCUT2D eigenvalue weighted by molar-refractivity contribution is -0.131. The number of carboxylic acid groups (broad SMARTS) is 1. The van der Waals surface area contributed by atoms with Gasteiger partial charge in [0.1, 0.15) is 0 Å². The second kappa shape index (κ2) is 7.16. The molecule has 0 saturated carbocycles. The molecule has 0 fully saturated rings. The third-order valence-corrected chi connectivity index (χ3v) is 4.68. The van der Waals surface area contributed by atoms with Gasteiger partial charge < -0.3 is 5.11 Å². The number of carboxylic acids is 1. The van der Waals surface area contributed by atoms with Crippen LogP contribution >= 0.6 is 23.1 Å². The SMILES string of the molecule is O=C(O)C=Cc1ccsc1CSCc1ccccc1. The van der Waals surface area contributed by atoms with Crippen molar-refractivity contribution in [3.05, 3.63) is 63.9 Å². The van der Waals surface area contributed by atoms with Crippen molar-refractivity contribution >= 4 is 35.1 Å². The first-order valence-corrected chi connectivity index (χ1v) is 7.88. The maximum atomic E-state index is 10.5. The lowest BCUT2D eigenvalue weighted by Gasteiger charge is -2.01. The molecule has 0 unspecified atom stereocenters. The van der Waals surface area contributed by atoms with Gasteiger partial charge in [-0.3, -0.25) is 0 Å². The Morgan fingerprint density at radius 3 is 2.74 bits per heavy atom. The molecule has 1 aromatic carbocycles. The molecule has 0 aliphatic carbocycles. The quantitative estimate of drug-likeness (QED) is 0.807. The number of carbonyl (C=O) groups is 1. The summed E-state index contributed by atoms with van der Waals surface area (Å²) in [7, 11) is 0. The first kappa shape index (κ1) is 13.9. The Morgan fingerprint density at radius 1 is 1.21 bits per heavy atom. The number of aliphatic carboxylic acids is 1. The zero-order chi connectivity index (χ0) is 13.5. The number of hydrogen-bond donors (Lipinski definition) is 1. The highest BCUT2D eigenvalue weighted by molar-refractivity contribution is 7.97. The number of benzene rings is 1. The molecule has 19 heavy (non-hydrogen) atoms. The maximum absolute atomic E-state index is 10.5. The molecule has 2 nitrogen and oxygen atoms in total. The van der Waals surface area contributed by atoms with E-state index < -0.39 is 5.97 Å². The van der Waals surface area contributed by atoms with Crippen molar-refractivity contribution in [3.8, 4) is 0 Å². The van der Waals surface area contributed by atoms with Crippen LogP contribution in [0.2, 0.25) is 0 Å². The number of rotatable bonds is 6. The van der Waals surface area contributed by atoms with Crippen molar-refractivity contribution in [2.75, 3.05) is 0 Å². The molecule has 2 aromatic rings. The van der Waals surface area contributed by atoms with E-state index in [1.54, 1.807) is 17.4 Å². The molecular formula is C15H14O2S2. The van der Waals surface area contributed by atoms with E-state index in [0.717, 1.165) is 17.1 Å². The molecule has 1 N–H and O–H groups in total. The molecule has 1 aromatic heterocycles. The summed E-state index contributed by atoms with van der Waals surface area (Å²) in [6.07, 6.45) is 2.85. The minimum Gasteiger partial charge on any atom is -0.478 e. The topological polar surface area (TPSA) is 37.3 Å². The highest BCUT2D eigenvalue weighted by Gasteiger charge is 2.02. The van der Waals surface area contributed by atoms with Crippen LogP contribution in [0.15, 0.2) is 47.9 Å². The molecule has 0 atom stereocenters. The molecule has 0 bridgehead atoms. The predicted octanol–water partition coefficient (Wildman–Crippen LogP) is 4.28. The highest BCUT2D eigenvalue weighted by Crippen LogP contribution is 2.25. The van der Waals surface area contributed by atoms with E-state index in [1.165, 1.54) is 16.5 Å². The molecule has 0 aliphatic rings. The molecule has 0 spiro atoms. The van der Waals surface area contributed by atoms with Crippen LogP contribution in [0.3, 0.4) is 0 Å². The van der Waals surface area contributed by atoms with Crippen LogP contribution in [0.5, 0.6) is 0 Å². The fourth-order valence-electron chi connectivity index (χ4n) is 1.61. The largest absolute Gasteiger partial charge is 0.478 e. The molecule has 0 aliphatic heterocycles. The summed E-state index contributed by atoms with van der Waals surface area (Å²) in [5, 5.41) is 10.6. The summed E-state index contributed by atoms with van der Waals surface area (Å²) in [6.45, 7) is 0. The lowest BCUT2D eigenvalue weighted by atomic mass is 10.2. The van der Waals surface area contributed by atoms with Crippen LogP contribution < -0.4 is 0 Å². The van der Waals surface area contributed by atoms with Gasteiger partial charge in [-0.2, -0.15) is 11.8 Å². The minimum absolute atomic E-state index is 0.908. The summed E-state index contributed by atoms with van der Waals surface area (Å²) in [4.78, 5) is 11.7. The molecule has 0 saturated heterocycles. The first-order chi connectivity index (χ1) is 9.25. The van der Waals surface area contributed by atoms with Crippen LogP contribution in [-0.2, 0) is 16.3 Å². The molecule has 4 heteroatoms. The Labute approximate surface area is 120 Å². The maximum Gasteiger partial charge on any atom is 0.328 e. The van der Waals surface area contributed by atoms with Crippen LogP contribution in [0, 0.1) is 0 Å². The van der Waals surface area contributed by atoms with Crippen molar-refractivity contribution in [1.29, 1.82) is 0 Å². The van der Waals surface area contributed by atoms with Gasteiger partial charge in [-0.05, 0) is 28.6 Å². The molecule has 0 amide bonds. The van der Waals surface area contributed by atoms with Gasteiger partial charge in [-0.25, -0.2) is 4.79 Å². The predicted molar refractivity (Wildman–Crippen MR) is 82.4 cm³/mol. The van der Waals surface area contributed by atoms with Crippen molar-refractivity contribution in [2.45, 2.75) is 11.5 Å². The molecule has 1 heterocycles. The Bertz CT molecular complexity index is 559. The Hall–Kier alpha value is -1.52. The van der Waals surface area contributed by atoms with Gasteiger partial charge in [-0.1, -0.05) is 30.3 Å². The second-order valence-electron chi connectivity index (χ2n) is 3.95. The summed E-state index contributed by atoms with van der Waals surface area (Å²) in [5.41, 5.74) is 2.32. The number of thioether (sulfide) groups is 1. The van der Waals surface area contributed by atoms with Gasteiger partial charge in [-0.15, -0.1) is 11.3 Å². The minimum atomic E-state index is -0.908. The standard InChI is InChI=1S/C15H14O2S2/c16-15(17)7-6-13-8-9-19-14(13)11-18-10-12-4-2-1-3-5-12/h1-9H,10-11H2,(H,16,17). The van der Waals surface area contributed by atoms with Gasteiger partial charge in [0.25, 0.3) is 0 Å². The Morgan fingerprint density at radius 2 is 2.00 bits per heavy atom. The zero-order valence-corrected chi connectivity index (χ0v) is 11.9. The lowest BCUT2D eigenvalue weighted by Crippen LogP contribution is -1.86. The Kier molecular flexibility index (Phi) is 5.24. The van der Waals surface area contributed by atoms with Gasteiger partial charge in [0.05, 0.1) is 0 Å². The van der Waals surface area contributed by atoms with E-state index in [1.807, 2.05) is 41.4 Å². The van der Waals surface area contributed by atoms with Crippen molar-refractivity contribution in [2.24, 2.45) is 0 Å². The van der Waals surface area contributed by atoms with Crippen molar-refractivity contribution < 1.29 is 9.90 Å². The first-order valence-electron chi connectivity index (χ1n) is 5.85. The normalized spacial score (nSPS) is 10.9. The molecule has 98 valence electrons. The van der Waals surface area contributed by atoms with E-state index in [2.05, 4.69) is 12.1 Å². The van der Waals surface area contributed by atoms with Gasteiger partial charge in [0.15, 0.2) is 0 Å². The van der Waals surface area contributed by atoms with E-state index in [-0.39, 0.29) is 0 Å². The van der Waals surface area contributed by atoms with Crippen LogP contribution in [0.1, 0.15) is 16.0 Å². The van der Waals surface area contributed by atoms with Crippen LogP contribution in [-0.4, -0.2) is 11.1 Å². The molecular weight excluding hydrogens is 276 g/mol. The summed E-state index contributed by atoms with van der Waals surface area (Å²) in [6, 6.07) is 12.3. The monoisotopic (exact) mass is 290 g/mol. The molecule has 0 radical (unpaired) electrons. The van der Waals surface area contributed by atoms with E-state index >= 15 is 0 Å². The summed E-state index contributed by atoms with van der Waals surface area (Å²) < 4.78 is 0. The second-order valence-corrected chi connectivity index (χ2v) is 5.94. The third kappa shape index (κ3) is 4.58. The van der Waals surface area contributed by atoms with E-state index in [4.69, 9.17) is 5.11 Å².